The normalized spacial score (nSPS) is 14.9. The van der Waals surface area contributed by atoms with Crippen molar-refractivity contribution in [2.45, 2.75) is 25.8 Å². The fourth-order valence-corrected chi connectivity index (χ4v) is 1.92. The van der Waals surface area contributed by atoms with E-state index < -0.39 is 5.54 Å². The predicted molar refractivity (Wildman–Crippen MR) is 55.0 cm³/mol. The Bertz CT molecular complexity index is 333. The number of aromatic nitrogens is 1. The molecule has 0 spiro atoms. The molecule has 0 saturated carbocycles. The number of esters is 1. The first-order valence-electron chi connectivity index (χ1n) is 4.24. The summed E-state index contributed by atoms with van der Waals surface area (Å²) >= 11 is 1.50. The molecule has 0 aliphatic heterocycles. The molecule has 5 heteroatoms. The Morgan fingerprint density at radius 1 is 1.79 bits per heavy atom. The molecule has 0 aromatic carbocycles. The maximum absolute atomic E-state index is 11.1. The Hall–Kier alpha value is -0.940. The van der Waals surface area contributed by atoms with E-state index in [9.17, 15) is 4.79 Å². The zero-order valence-electron chi connectivity index (χ0n) is 8.53. The fraction of sp³-hybridized carbons (Fsp3) is 0.556. The van der Waals surface area contributed by atoms with E-state index in [4.69, 9.17) is 5.73 Å². The van der Waals surface area contributed by atoms with Crippen molar-refractivity contribution in [3.05, 3.63) is 16.1 Å². The van der Waals surface area contributed by atoms with Crippen molar-refractivity contribution in [1.82, 2.24) is 4.98 Å². The summed E-state index contributed by atoms with van der Waals surface area (Å²) < 4.78 is 4.58. The first-order valence-corrected chi connectivity index (χ1v) is 5.06. The number of carbonyl (C=O) groups is 1. The highest BCUT2D eigenvalue weighted by Gasteiger charge is 2.27. The van der Waals surface area contributed by atoms with Crippen molar-refractivity contribution in [3.8, 4) is 0 Å². The largest absolute Gasteiger partial charge is 0.469 e. The molecule has 2 N–H and O–H groups in total. The monoisotopic (exact) mass is 214 g/mol. The Morgan fingerprint density at radius 3 is 2.86 bits per heavy atom. The molecule has 1 atom stereocenters. The summed E-state index contributed by atoms with van der Waals surface area (Å²) in [6.07, 6.45) is 1.88. The van der Waals surface area contributed by atoms with Gasteiger partial charge in [-0.25, -0.2) is 4.98 Å². The van der Waals surface area contributed by atoms with Gasteiger partial charge in [-0.1, -0.05) is 0 Å². The second-order valence-electron chi connectivity index (χ2n) is 3.41. The summed E-state index contributed by atoms with van der Waals surface area (Å²) in [5.41, 5.74) is 5.32. The van der Waals surface area contributed by atoms with E-state index in [1.165, 1.54) is 18.4 Å². The third-order valence-electron chi connectivity index (χ3n) is 1.92. The van der Waals surface area contributed by atoms with Crippen molar-refractivity contribution >= 4 is 17.3 Å². The van der Waals surface area contributed by atoms with Gasteiger partial charge < -0.3 is 10.5 Å². The van der Waals surface area contributed by atoms with E-state index in [1.54, 1.807) is 13.1 Å². The van der Waals surface area contributed by atoms with Gasteiger partial charge in [0.05, 0.1) is 24.1 Å². The minimum absolute atomic E-state index is 0.172. The van der Waals surface area contributed by atoms with Crippen LogP contribution < -0.4 is 5.73 Å². The van der Waals surface area contributed by atoms with E-state index in [2.05, 4.69) is 9.72 Å². The SMILES string of the molecule is COC(=O)CC(C)(N)c1cnc(C)s1. The first kappa shape index (κ1) is 11.1. The quantitative estimate of drug-likeness (QED) is 0.767. The lowest BCUT2D eigenvalue weighted by molar-refractivity contribution is -0.141. The molecule has 0 fully saturated rings. The first-order chi connectivity index (χ1) is 6.45. The molecular weight excluding hydrogens is 200 g/mol. The number of carbonyl (C=O) groups excluding carboxylic acids is 1. The van der Waals surface area contributed by atoms with Crippen LogP contribution in [-0.2, 0) is 15.1 Å². The maximum atomic E-state index is 11.1. The number of nitrogens with two attached hydrogens (primary N) is 1. The Kier molecular flexibility index (Phi) is 3.23. The van der Waals surface area contributed by atoms with Gasteiger partial charge in [-0.05, 0) is 13.8 Å². The van der Waals surface area contributed by atoms with E-state index in [1.807, 2.05) is 6.92 Å². The fourth-order valence-electron chi connectivity index (χ4n) is 1.08. The average Bonchev–Trinajstić information content (AvgIpc) is 2.51. The molecule has 78 valence electrons. The minimum Gasteiger partial charge on any atom is -0.469 e. The van der Waals surface area contributed by atoms with Crippen molar-refractivity contribution in [2.24, 2.45) is 5.73 Å². The zero-order chi connectivity index (χ0) is 10.8. The highest BCUT2D eigenvalue weighted by atomic mass is 32.1. The van der Waals surface area contributed by atoms with Crippen LogP contribution in [0.5, 0.6) is 0 Å². The second kappa shape index (κ2) is 4.06. The van der Waals surface area contributed by atoms with Gasteiger partial charge in [0.15, 0.2) is 0 Å². The van der Waals surface area contributed by atoms with Gasteiger partial charge in [0.25, 0.3) is 0 Å². The van der Waals surface area contributed by atoms with Crippen LogP contribution in [0.3, 0.4) is 0 Å². The molecule has 0 amide bonds. The van der Waals surface area contributed by atoms with E-state index in [0.717, 1.165) is 9.88 Å². The number of hydrogen-bond acceptors (Lipinski definition) is 5. The van der Waals surface area contributed by atoms with E-state index in [0.29, 0.717) is 0 Å². The molecule has 0 aliphatic rings. The van der Waals surface area contributed by atoms with Gasteiger partial charge in [-0.2, -0.15) is 0 Å². The maximum Gasteiger partial charge on any atom is 0.307 e. The van der Waals surface area contributed by atoms with Crippen LogP contribution in [0.1, 0.15) is 23.2 Å². The van der Waals surface area contributed by atoms with Gasteiger partial charge in [0, 0.05) is 11.1 Å². The predicted octanol–water partition coefficient (Wildman–Crippen LogP) is 1.19. The number of aryl methyl sites for hydroxylation is 1. The van der Waals surface area contributed by atoms with Crippen LogP contribution >= 0.6 is 11.3 Å². The molecule has 1 rings (SSSR count). The molecular formula is C9H14N2O2S. The van der Waals surface area contributed by atoms with Crippen molar-refractivity contribution < 1.29 is 9.53 Å². The molecule has 0 aliphatic carbocycles. The number of nitrogens with zero attached hydrogens (tertiary/aromatic N) is 1. The third kappa shape index (κ3) is 2.52. The Labute approximate surface area is 87.1 Å². The van der Waals surface area contributed by atoms with Crippen LogP contribution in [0, 0.1) is 6.92 Å². The summed E-state index contributed by atoms with van der Waals surface area (Å²) in [6, 6.07) is 0. The smallest absolute Gasteiger partial charge is 0.307 e. The van der Waals surface area contributed by atoms with Crippen LogP contribution in [-0.4, -0.2) is 18.1 Å². The molecule has 1 unspecified atom stereocenters. The highest BCUT2D eigenvalue weighted by Crippen LogP contribution is 2.27. The summed E-state index contributed by atoms with van der Waals surface area (Å²) in [7, 11) is 1.36. The van der Waals surface area contributed by atoms with Crippen LogP contribution in [0.4, 0.5) is 0 Å². The minimum atomic E-state index is -0.682. The van der Waals surface area contributed by atoms with Gasteiger partial charge >= 0.3 is 5.97 Å². The summed E-state index contributed by atoms with van der Waals surface area (Å²) in [6.45, 7) is 3.71. The van der Waals surface area contributed by atoms with Crippen LogP contribution in [0.2, 0.25) is 0 Å². The van der Waals surface area contributed by atoms with Crippen molar-refractivity contribution in [1.29, 1.82) is 0 Å². The lowest BCUT2D eigenvalue weighted by Crippen LogP contribution is -2.35. The van der Waals surface area contributed by atoms with E-state index >= 15 is 0 Å². The zero-order valence-corrected chi connectivity index (χ0v) is 9.35. The average molecular weight is 214 g/mol. The number of ether oxygens (including phenoxy) is 1. The lowest BCUT2D eigenvalue weighted by atomic mass is 9.98. The molecule has 0 radical (unpaired) electrons. The van der Waals surface area contributed by atoms with Gasteiger partial charge in [-0.15, -0.1) is 11.3 Å². The molecule has 0 saturated heterocycles. The second-order valence-corrected chi connectivity index (χ2v) is 4.65. The Morgan fingerprint density at radius 2 is 2.43 bits per heavy atom. The number of methoxy groups -OCH3 is 1. The standard InChI is InChI=1S/C9H14N2O2S/c1-6-11-5-7(14-6)9(2,10)4-8(12)13-3/h5H,4,10H2,1-3H3. The van der Waals surface area contributed by atoms with Crippen molar-refractivity contribution in [3.63, 3.8) is 0 Å². The molecule has 1 heterocycles. The van der Waals surface area contributed by atoms with Gasteiger partial charge in [-0.3, -0.25) is 4.79 Å². The third-order valence-corrected chi connectivity index (χ3v) is 3.12. The molecule has 1 aromatic heterocycles. The highest BCUT2D eigenvalue weighted by molar-refractivity contribution is 7.11. The van der Waals surface area contributed by atoms with Crippen molar-refractivity contribution in [2.75, 3.05) is 7.11 Å². The van der Waals surface area contributed by atoms with E-state index in [-0.39, 0.29) is 12.4 Å². The molecule has 14 heavy (non-hydrogen) atoms. The number of thiazole rings is 1. The summed E-state index contributed by atoms with van der Waals surface area (Å²) in [5.74, 6) is -0.305. The number of rotatable bonds is 3. The Balaban J connectivity index is 2.79. The molecule has 4 nitrogen and oxygen atoms in total. The van der Waals surface area contributed by atoms with Gasteiger partial charge in [0.1, 0.15) is 0 Å². The van der Waals surface area contributed by atoms with Crippen LogP contribution in [0.25, 0.3) is 0 Å². The molecule has 1 aromatic rings. The molecule has 0 bridgehead atoms. The van der Waals surface area contributed by atoms with Gasteiger partial charge in [0.2, 0.25) is 0 Å². The topological polar surface area (TPSA) is 65.2 Å². The number of hydrogen-bond donors (Lipinski definition) is 1. The summed E-state index contributed by atoms with van der Waals surface area (Å²) in [4.78, 5) is 16.1. The van der Waals surface area contributed by atoms with Crippen LogP contribution in [0.15, 0.2) is 6.20 Å². The lowest BCUT2D eigenvalue weighted by Gasteiger charge is -2.20. The summed E-state index contributed by atoms with van der Waals surface area (Å²) in [5, 5.41) is 0.946.